The number of aromatic nitrogens is 3. The molecule has 3 aromatic rings. The van der Waals surface area contributed by atoms with Crippen molar-refractivity contribution in [1.82, 2.24) is 25.0 Å². The Bertz CT molecular complexity index is 1300. The Balaban J connectivity index is 0.00000342. The first-order valence-electron chi connectivity index (χ1n) is 10.6. The molecule has 1 aliphatic rings. The van der Waals surface area contributed by atoms with Crippen LogP contribution in [0.4, 0.5) is 16.2 Å². The lowest BCUT2D eigenvalue weighted by molar-refractivity contribution is 0.0696. The Morgan fingerprint density at radius 3 is 2.43 bits per heavy atom. The zero-order valence-electron chi connectivity index (χ0n) is 19.3. The van der Waals surface area contributed by atoms with Crippen LogP contribution >= 0.6 is 24.0 Å². The van der Waals surface area contributed by atoms with Crippen LogP contribution < -0.4 is 15.5 Å². The highest BCUT2D eigenvalue weighted by molar-refractivity contribution is 6.33. The van der Waals surface area contributed by atoms with E-state index >= 15 is 0 Å². The Morgan fingerprint density at radius 2 is 1.77 bits per heavy atom. The number of anilines is 2. The van der Waals surface area contributed by atoms with Gasteiger partial charge in [-0.05, 0) is 32.2 Å². The number of carbonyl (C=O) groups is 3. The van der Waals surface area contributed by atoms with Crippen LogP contribution in [0.25, 0.3) is 11.0 Å². The number of benzene rings is 1. The van der Waals surface area contributed by atoms with Crippen molar-refractivity contribution < 1.29 is 19.5 Å². The molecule has 0 saturated carbocycles. The number of hydrogen-bond donors (Lipinski definition) is 3. The highest BCUT2D eigenvalue weighted by atomic mass is 35.5. The number of nitrogens with one attached hydrogen (secondary N) is 2. The van der Waals surface area contributed by atoms with Crippen molar-refractivity contribution in [3.8, 4) is 0 Å². The normalized spacial score (nSPS) is 13.9. The highest BCUT2D eigenvalue weighted by Gasteiger charge is 2.27. The molecule has 4 rings (SSSR count). The third-order valence-electron chi connectivity index (χ3n) is 5.75. The van der Waals surface area contributed by atoms with Crippen LogP contribution in [0.3, 0.4) is 0 Å². The number of fused-ring (bicyclic) bond motifs is 1. The van der Waals surface area contributed by atoms with Gasteiger partial charge in [0.15, 0.2) is 5.65 Å². The van der Waals surface area contributed by atoms with Gasteiger partial charge in [-0.3, -0.25) is 14.8 Å². The second-order valence-corrected chi connectivity index (χ2v) is 8.53. The molecule has 11 nitrogen and oxygen atoms in total. The minimum absolute atomic E-state index is 0. The smallest absolute Gasteiger partial charge is 0.337 e. The Morgan fingerprint density at radius 1 is 1.09 bits per heavy atom. The van der Waals surface area contributed by atoms with Gasteiger partial charge in [-0.25, -0.2) is 14.6 Å². The Hall–Kier alpha value is -3.41. The molecule has 0 aliphatic carbocycles. The van der Waals surface area contributed by atoms with E-state index in [1.165, 1.54) is 24.4 Å². The van der Waals surface area contributed by atoms with E-state index in [-0.39, 0.29) is 34.2 Å². The van der Waals surface area contributed by atoms with Crippen molar-refractivity contribution in [3.05, 3.63) is 46.2 Å². The number of rotatable bonds is 4. The van der Waals surface area contributed by atoms with E-state index in [0.717, 1.165) is 24.2 Å². The molecular formula is C22H25Cl2N7O4. The molecule has 35 heavy (non-hydrogen) atoms. The van der Waals surface area contributed by atoms with Gasteiger partial charge < -0.3 is 20.2 Å². The van der Waals surface area contributed by atoms with Gasteiger partial charge in [0.05, 0.1) is 32.9 Å². The topological polar surface area (TPSA) is 133 Å². The number of hydrogen-bond acceptors (Lipinski definition) is 7. The molecule has 3 N–H and O–H groups in total. The largest absolute Gasteiger partial charge is 0.478 e. The van der Waals surface area contributed by atoms with Crippen molar-refractivity contribution in [3.63, 3.8) is 0 Å². The maximum Gasteiger partial charge on any atom is 0.337 e. The second-order valence-electron chi connectivity index (χ2n) is 8.13. The fraction of sp³-hybridized carbons (Fsp3) is 0.318. The van der Waals surface area contributed by atoms with Crippen LogP contribution in [-0.2, 0) is 7.05 Å². The molecule has 0 spiro atoms. The number of halogens is 2. The summed E-state index contributed by atoms with van der Waals surface area (Å²) >= 11 is 5.87. The lowest BCUT2D eigenvalue weighted by atomic mass is 10.1. The monoisotopic (exact) mass is 521 g/mol. The molecule has 3 heterocycles. The van der Waals surface area contributed by atoms with E-state index in [4.69, 9.17) is 11.6 Å². The SMILES string of the molecule is Cc1nn(C)c2ncc(C(=O)NC(=O)Nc3ccc(Cl)c(C(=O)O)c3)c(N3CCN(C)CC3)c12.Cl. The molecule has 2 aromatic heterocycles. The lowest BCUT2D eigenvalue weighted by Gasteiger charge is -2.35. The van der Waals surface area contributed by atoms with E-state index in [0.29, 0.717) is 24.4 Å². The molecule has 0 bridgehead atoms. The van der Waals surface area contributed by atoms with E-state index in [1.54, 1.807) is 11.7 Å². The van der Waals surface area contributed by atoms with E-state index in [1.807, 2.05) is 14.0 Å². The number of amides is 3. The van der Waals surface area contributed by atoms with Crippen LogP contribution in [0.2, 0.25) is 5.02 Å². The van der Waals surface area contributed by atoms with Gasteiger partial charge in [0.1, 0.15) is 0 Å². The zero-order valence-corrected chi connectivity index (χ0v) is 20.9. The van der Waals surface area contributed by atoms with Crippen LogP contribution in [0.1, 0.15) is 26.4 Å². The van der Waals surface area contributed by atoms with Gasteiger partial charge in [0, 0.05) is 45.1 Å². The summed E-state index contributed by atoms with van der Waals surface area (Å²) in [5, 5.41) is 19.3. The van der Waals surface area contributed by atoms with E-state index in [9.17, 15) is 19.5 Å². The van der Waals surface area contributed by atoms with Crippen molar-refractivity contribution in [1.29, 1.82) is 0 Å². The average molecular weight is 522 g/mol. The Labute approximate surface area is 212 Å². The van der Waals surface area contributed by atoms with Crippen LogP contribution in [-0.4, -0.2) is 75.9 Å². The molecule has 1 aromatic carbocycles. The molecule has 1 aliphatic heterocycles. The van der Waals surface area contributed by atoms with Gasteiger partial charge in [-0.1, -0.05) is 11.6 Å². The van der Waals surface area contributed by atoms with Gasteiger partial charge in [-0.15, -0.1) is 12.4 Å². The molecule has 3 amide bonds. The van der Waals surface area contributed by atoms with Gasteiger partial charge in [-0.2, -0.15) is 5.10 Å². The van der Waals surface area contributed by atoms with Crippen LogP contribution in [0.5, 0.6) is 0 Å². The number of aryl methyl sites for hydroxylation is 2. The summed E-state index contributed by atoms with van der Waals surface area (Å²) in [6.07, 6.45) is 1.45. The highest BCUT2D eigenvalue weighted by Crippen LogP contribution is 2.32. The van der Waals surface area contributed by atoms with Crippen molar-refractivity contribution >= 4 is 64.3 Å². The lowest BCUT2D eigenvalue weighted by Crippen LogP contribution is -2.45. The third-order valence-corrected chi connectivity index (χ3v) is 6.08. The molecular weight excluding hydrogens is 497 g/mol. The summed E-state index contributed by atoms with van der Waals surface area (Å²) in [6.45, 7) is 4.93. The molecule has 1 fully saturated rings. The van der Waals surface area contributed by atoms with E-state index in [2.05, 4.69) is 30.5 Å². The number of aromatic carboxylic acids is 1. The molecule has 0 radical (unpaired) electrons. The number of carboxylic acid groups (broad SMARTS) is 1. The number of carbonyl (C=O) groups excluding carboxylic acids is 2. The maximum absolute atomic E-state index is 13.2. The summed E-state index contributed by atoms with van der Waals surface area (Å²) in [5.41, 5.74) is 2.35. The number of urea groups is 1. The minimum Gasteiger partial charge on any atom is -0.478 e. The fourth-order valence-electron chi connectivity index (χ4n) is 4.02. The summed E-state index contributed by atoms with van der Waals surface area (Å²) in [4.78, 5) is 45.7. The molecule has 0 atom stereocenters. The van der Waals surface area contributed by atoms with Crippen molar-refractivity contribution in [2.24, 2.45) is 7.05 Å². The van der Waals surface area contributed by atoms with E-state index < -0.39 is 17.9 Å². The number of pyridine rings is 1. The molecule has 13 heteroatoms. The fourth-order valence-corrected chi connectivity index (χ4v) is 4.22. The number of nitrogens with zero attached hydrogens (tertiary/aromatic N) is 5. The average Bonchev–Trinajstić information content (AvgIpc) is 3.08. The predicted molar refractivity (Wildman–Crippen MR) is 135 cm³/mol. The number of piperazine rings is 1. The summed E-state index contributed by atoms with van der Waals surface area (Å²) in [5.74, 6) is -1.86. The molecule has 0 unspecified atom stereocenters. The number of likely N-dealkylation sites (N-methyl/N-ethyl adjacent to an activating group) is 1. The first-order chi connectivity index (χ1) is 16.2. The summed E-state index contributed by atoms with van der Waals surface area (Å²) in [6, 6.07) is 3.21. The quantitative estimate of drug-likeness (QED) is 0.477. The molecule has 1 saturated heterocycles. The van der Waals surface area contributed by atoms with Crippen molar-refractivity contribution in [2.75, 3.05) is 43.4 Å². The Kier molecular flexibility index (Phi) is 7.83. The van der Waals surface area contributed by atoms with Crippen LogP contribution in [0.15, 0.2) is 24.4 Å². The first-order valence-corrected chi connectivity index (χ1v) is 10.9. The van der Waals surface area contributed by atoms with Crippen LogP contribution in [0, 0.1) is 6.92 Å². The number of imide groups is 1. The third kappa shape index (κ3) is 5.31. The van der Waals surface area contributed by atoms with Gasteiger partial charge in [0.2, 0.25) is 0 Å². The second kappa shape index (κ2) is 10.5. The van der Waals surface area contributed by atoms with Gasteiger partial charge in [0.25, 0.3) is 5.91 Å². The standard InChI is InChI=1S/C22H24ClN7O4.ClH/c1-12-17-18(30-8-6-28(2)7-9-30)15(11-24-19(17)29(3)27-12)20(31)26-22(34)25-13-4-5-16(23)14(10-13)21(32)33;/h4-5,10-11H,6-9H2,1-3H3,(H,32,33)(H2,25,26,31,34);1H. The summed E-state index contributed by atoms with van der Waals surface area (Å²) < 4.78 is 1.67. The zero-order chi connectivity index (χ0) is 24.6. The number of carboxylic acids is 1. The predicted octanol–water partition coefficient (Wildman–Crippen LogP) is 2.76. The minimum atomic E-state index is -1.23. The summed E-state index contributed by atoms with van der Waals surface area (Å²) in [7, 11) is 3.83. The van der Waals surface area contributed by atoms with Crippen molar-refractivity contribution in [2.45, 2.75) is 6.92 Å². The van der Waals surface area contributed by atoms with Gasteiger partial charge >= 0.3 is 12.0 Å². The molecule has 186 valence electrons. The maximum atomic E-state index is 13.2. The first kappa shape index (κ1) is 26.2.